The highest BCUT2D eigenvalue weighted by Gasteiger charge is 2.58. The van der Waals surface area contributed by atoms with Crippen molar-refractivity contribution in [1.29, 1.82) is 0 Å². The highest BCUT2D eigenvalue weighted by Crippen LogP contribution is 2.43. The Labute approximate surface area is 212 Å². The number of ether oxygens (including phenoxy) is 4. The molecular formula is C22H47N7O7. The van der Waals surface area contributed by atoms with Crippen LogP contribution in [0.15, 0.2) is 0 Å². The third-order valence-corrected chi connectivity index (χ3v) is 7.94. The molecule has 0 aromatic rings. The second-order valence-corrected chi connectivity index (χ2v) is 10.3. The van der Waals surface area contributed by atoms with Gasteiger partial charge in [-0.25, -0.2) is 0 Å². The summed E-state index contributed by atoms with van der Waals surface area (Å²) < 4.78 is 24.6. The van der Waals surface area contributed by atoms with Crippen LogP contribution in [0.2, 0.25) is 0 Å². The zero-order valence-electron chi connectivity index (χ0n) is 20.9. The second kappa shape index (κ2) is 13.0. The molecule has 0 aromatic carbocycles. The van der Waals surface area contributed by atoms with Gasteiger partial charge in [-0.2, -0.15) is 0 Å². The van der Waals surface area contributed by atoms with Gasteiger partial charge in [-0.3, -0.25) is 0 Å². The molecule has 1 saturated carbocycles. The average Bonchev–Trinajstić information content (AvgIpc) is 2.85. The first kappa shape index (κ1) is 30.0. The van der Waals surface area contributed by atoms with Gasteiger partial charge in [-0.1, -0.05) is 0 Å². The van der Waals surface area contributed by atoms with Gasteiger partial charge in [0.15, 0.2) is 0 Å². The Hall–Kier alpha value is -0.560. The molecule has 0 radical (unpaired) electrons. The van der Waals surface area contributed by atoms with Crippen molar-refractivity contribution < 1.29 is 34.3 Å². The average molecular weight is 522 g/mol. The third-order valence-electron chi connectivity index (χ3n) is 7.94. The molecule has 14 heteroatoms. The lowest BCUT2D eigenvalue weighted by molar-refractivity contribution is -0.256. The van der Waals surface area contributed by atoms with Crippen LogP contribution < -0.4 is 40.1 Å². The predicted molar refractivity (Wildman–Crippen MR) is 131 cm³/mol. The Balaban J connectivity index is 2.03. The van der Waals surface area contributed by atoms with Crippen molar-refractivity contribution in [1.82, 2.24) is 0 Å². The monoisotopic (exact) mass is 521 g/mol. The number of aliphatic hydroxyl groups excluding tert-OH is 3. The number of nitrogens with two attached hydrogens (primary N) is 7. The molecule has 0 aromatic heterocycles. The fourth-order valence-electron chi connectivity index (χ4n) is 6.05. The van der Waals surface area contributed by atoms with E-state index in [-0.39, 0.29) is 39.3 Å². The van der Waals surface area contributed by atoms with E-state index in [1.165, 1.54) is 0 Å². The molecular weight excluding hydrogens is 474 g/mol. The van der Waals surface area contributed by atoms with Crippen LogP contribution in [0.4, 0.5) is 0 Å². The normalized spacial score (nSPS) is 50.2. The fraction of sp³-hybridized carbons (Fsp3) is 1.00. The number of hydrogen-bond acceptors (Lipinski definition) is 14. The van der Waals surface area contributed by atoms with Crippen LogP contribution in [0, 0.1) is 11.8 Å². The Morgan fingerprint density at radius 1 is 0.722 bits per heavy atom. The van der Waals surface area contributed by atoms with Gasteiger partial charge >= 0.3 is 0 Å². The molecule has 212 valence electrons. The van der Waals surface area contributed by atoms with E-state index in [4.69, 9.17) is 59.1 Å². The number of hydrogen-bond donors (Lipinski definition) is 10. The SMILES string of the molecule is C[C@H]1O[C@@H]([C@@H]2[C@@H](O)[C@H](N)C[C@H](N)[C@H]2[C@H]2O[C@H](CN)[C@@H](O)[C@H](O)[C@H]2N)[C@H](OCCN)[C@@H](OCCN)[C@@H]1N. The summed E-state index contributed by atoms with van der Waals surface area (Å²) in [4.78, 5) is 0. The summed E-state index contributed by atoms with van der Waals surface area (Å²) in [5, 5.41) is 32.5. The van der Waals surface area contributed by atoms with Crippen LogP contribution in [0.1, 0.15) is 13.3 Å². The van der Waals surface area contributed by atoms with Crippen molar-refractivity contribution in [2.45, 2.75) is 92.4 Å². The van der Waals surface area contributed by atoms with Crippen LogP contribution in [-0.2, 0) is 18.9 Å². The van der Waals surface area contributed by atoms with Crippen molar-refractivity contribution in [2.75, 3.05) is 32.8 Å². The number of rotatable bonds is 9. The van der Waals surface area contributed by atoms with E-state index in [0.29, 0.717) is 0 Å². The van der Waals surface area contributed by atoms with Gasteiger partial charge < -0.3 is 74.4 Å². The standard InChI is InChI=1S/C22H47N7O7/c1-8-14(28)21(33-4-2-23)22(34-5-3-24)20(35-8)13-12(9(26)6-10(27)16(13)30)19-15(29)18(32)17(31)11(7-25)36-19/h8-22,30-32H,2-7,23-29H2,1H3/t8-,9+,10-,11-,12-,13+,14-,15-,16+,17-,18-,19-,20+,21+,22+/m1/s1. The maximum absolute atomic E-state index is 11.4. The zero-order valence-corrected chi connectivity index (χ0v) is 20.9. The summed E-state index contributed by atoms with van der Waals surface area (Å²) in [6.07, 6.45) is -7.66. The lowest BCUT2D eigenvalue weighted by Gasteiger charge is -2.56. The summed E-state index contributed by atoms with van der Waals surface area (Å²) in [6, 6.07) is -2.77. The van der Waals surface area contributed by atoms with Gasteiger partial charge in [-0.15, -0.1) is 0 Å². The molecule has 15 atom stereocenters. The molecule has 0 amide bonds. The molecule has 3 fully saturated rings. The van der Waals surface area contributed by atoms with E-state index in [9.17, 15) is 15.3 Å². The van der Waals surface area contributed by atoms with Crippen molar-refractivity contribution in [2.24, 2.45) is 52.0 Å². The first-order chi connectivity index (χ1) is 17.1. The van der Waals surface area contributed by atoms with E-state index >= 15 is 0 Å². The Kier molecular flexibility index (Phi) is 10.8. The molecule has 2 heterocycles. The predicted octanol–water partition coefficient (Wildman–Crippen LogP) is -5.78. The number of aliphatic hydroxyl groups is 3. The van der Waals surface area contributed by atoms with E-state index in [1.54, 1.807) is 0 Å². The Bertz CT molecular complexity index is 683. The van der Waals surface area contributed by atoms with Gasteiger partial charge in [0.05, 0.1) is 55.8 Å². The summed E-state index contributed by atoms with van der Waals surface area (Å²) in [5.74, 6) is -1.36. The highest BCUT2D eigenvalue weighted by atomic mass is 16.6. The van der Waals surface area contributed by atoms with Crippen molar-refractivity contribution in [3.63, 3.8) is 0 Å². The van der Waals surface area contributed by atoms with Crippen LogP contribution in [0.5, 0.6) is 0 Å². The molecule has 2 saturated heterocycles. The van der Waals surface area contributed by atoms with Crippen LogP contribution >= 0.6 is 0 Å². The maximum atomic E-state index is 11.4. The molecule has 14 nitrogen and oxygen atoms in total. The zero-order chi connectivity index (χ0) is 26.7. The Morgan fingerprint density at radius 2 is 1.33 bits per heavy atom. The van der Waals surface area contributed by atoms with Gasteiger partial charge in [0.25, 0.3) is 0 Å². The lowest BCUT2D eigenvalue weighted by atomic mass is 9.63. The Morgan fingerprint density at radius 3 is 1.92 bits per heavy atom. The minimum Gasteiger partial charge on any atom is -0.391 e. The first-order valence-electron chi connectivity index (χ1n) is 12.8. The summed E-state index contributed by atoms with van der Waals surface area (Å²) in [7, 11) is 0. The molecule has 17 N–H and O–H groups in total. The van der Waals surface area contributed by atoms with Crippen LogP contribution in [-0.4, -0.2) is 127 Å². The molecule has 36 heavy (non-hydrogen) atoms. The molecule has 2 aliphatic heterocycles. The minimum atomic E-state index is -1.30. The van der Waals surface area contributed by atoms with Gasteiger partial charge in [0, 0.05) is 43.6 Å². The minimum absolute atomic E-state index is 0.0425. The smallest absolute Gasteiger partial charge is 0.112 e. The fourth-order valence-corrected chi connectivity index (χ4v) is 6.05. The van der Waals surface area contributed by atoms with E-state index in [2.05, 4.69) is 0 Å². The van der Waals surface area contributed by atoms with Gasteiger partial charge in [-0.05, 0) is 13.3 Å². The molecule has 3 aliphatic rings. The third kappa shape index (κ3) is 5.87. The lowest BCUT2D eigenvalue weighted by Crippen LogP contribution is -2.73. The van der Waals surface area contributed by atoms with Gasteiger partial charge in [0.1, 0.15) is 24.4 Å². The van der Waals surface area contributed by atoms with E-state index < -0.39 is 90.9 Å². The largest absolute Gasteiger partial charge is 0.391 e. The second-order valence-electron chi connectivity index (χ2n) is 10.3. The highest BCUT2D eigenvalue weighted by molar-refractivity contribution is 5.10. The molecule has 0 spiro atoms. The van der Waals surface area contributed by atoms with Crippen molar-refractivity contribution in [3.8, 4) is 0 Å². The van der Waals surface area contributed by atoms with E-state index in [1.807, 2.05) is 6.92 Å². The quantitative estimate of drug-likeness (QED) is 0.135. The molecule has 3 rings (SSSR count). The summed E-state index contributed by atoms with van der Waals surface area (Å²) >= 11 is 0. The topological polar surface area (TPSA) is 280 Å². The van der Waals surface area contributed by atoms with Crippen LogP contribution in [0.3, 0.4) is 0 Å². The van der Waals surface area contributed by atoms with E-state index in [0.717, 1.165) is 0 Å². The van der Waals surface area contributed by atoms with Gasteiger partial charge in [0.2, 0.25) is 0 Å². The molecule has 0 unspecified atom stereocenters. The summed E-state index contributed by atoms with van der Waals surface area (Å²) in [5.41, 5.74) is 42.9. The molecule has 0 bridgehead atoms. The summed E-state index contributed by atoms with van der Waals surface area (Å²) in [6.45, 7) is 2.73. The maximum Gasteiger partial charge on any atom is 0.112 e. The first-order valence-corrected chi connectivity index (χ1v) is 12.8. The van der Waals surface area contributed by atoms with Crippen molar-refractivity contribution in [3.05, 3.63) is 0 Å². The van der Waals surface area contributed by atoms with Crippen molar-refractivity contribution >= 4 is 0 Å². The molecule has 1 aliphatic carbocycles. The van der Waals surface area contributed by atoms with Crippen LogP contribution in [0.25, 0.3) is 0 Å².